The number of aliphatic carboxylic acids is 1. The van der Waals surface area contributed by atoms with Gasteiger partial charge in [0.2, 0.25) is 15.9 Å². The van der Waals surface area contributed by atoms with Crippen LogP contribution in [0.4, 0.5) is 13.2 Å². The van der Waals surface area contributed by atoms with Gasteiger partial charge in [-0.25, -0.2) is 13.2 Å². The number of piperazine rings is 1. The summed E-state index contributed by atoms with van der Waals surface area (Å²) >= 11 is 0. The minimum absolute atomic E-state index is 0.161. The Morgan fingerprint density at radius 2 is 1.45 bits per heavy atom. The smallest absolute Gasteiger partial charge is 0.475 e. The fourth-order valence-corrected chi connectivity index (χ4v) is 4.32. The predicted molar refractivity (Wildman–Crippen MR) is 114 cm³/mol. The molecular weight excluding hydrogens is 463 g/mol. The van der Waals surface area contributed by atoms with Gasteiger partial charge in [0.25, 0.3) is 0 Å². The van der Waals surface area contributed by atoms with Crippen LogP contribution in [0.3, 0.4) is 0 Å². The molecular formula is C21H24F3N3O5S. The van der Waals surface area contributed by atoms with E-state index in [2.05, 4.69) is 5.32 Å². The molecule has 2 N–H and O–H groups in total. The molecule has 0 unspecified atom stereocenters. The monoisotopic (exact) mass is 487 g/mol. The van der Waals surface area contributed by atoms with Crippen LogP contribution in [0.2, 0.25) is 0 Å². The van der Waals surface area contributed by atoms with Crippen LogP contribution in [0, 0.1) is 0 Å². The molecule has 3 rings (SSSR count). The molecule has 1 amide bonds. The average Bonchev–Trinajstić information content (AvgIpc) is 2.80. The number of amides is 1. The van der Waals surface area contributed by atoms with Gasteiger partial charge in [-0.05, 0) is 17.7 Å². The van der Waals surface area contributed by atoms with Crippen LogP contribution in [0.15, 0.2) is 65.6 Å². The van der Waals surface area contributed by atoms with E-state index in [1.807, 2.05) is 30.3 Å². The van der Waals surface area contributed by atoms with Crippen LogP contribution >= 0.6 is 0 Å². The first-order valence-corrected chi connectivity index (χ1v) is 11.3. The summed E-state index contributed by atoms with van der Waals surface area (Å²) in [5, 5.41) is 10.3. The van der Waals surface area contributed by atoms with E-state index in [0.717, 1.165) is 18.7 Å². The van der Waals surface area contributed by atoms with Gasteiger partial charge in [-0.2, -0.15) is 17.5 Å². The predicted octanol–water partition coefficient (Wildman–Crippen LogP) is 1.94. The summed E-state index contributed by atoms with van der Waals surface area (Å²) in [7, 11) is -3.76. The van der Waals surface area contributed by atoms with E-state index in [9.17, 15) is 26.4 Å². The Bertz CT molecular complexity index is 1010. The lowest BCUT2D eigenvalue weighted by atomic mass is 10.2. The van der Waals surface area contributed by atoms with Crippen LogP contribution in [-0.2, 0) is 26.2 Å². The van der Waals surface area contributed by atoms with Crippen LogP contribution in [-0.4, -0.2) is 73.5 Å². The van der Waals surface area contributed by atoms with Crippen molar-refractivity contribution in [3.8, 4) is 0 Å². The molecule has 2 aromatic rings. The summed E-state index contributed by atoms with van der Waals surface area (Å²) in [6, 6.07) is 17.6. The van der Waals surface area contributed by atoms with E-state index in [1.165, 1.54) is 4.31 Å². The van der Waals surface area contributed by atoms with Crippen LogP contribution in [0.5, 0.6) is 0 Å². The number of nitrogens with zero attached hydrogens (tertiary/aromatic N) is 2. The Morgan fingerprint density at radius 1 is 0.970 bits per heavy atom. The maximum absolute atomic E-state index is 13.1. The summed E-state index contributed by atoms with van der Waals surface area (Å²) in [5.41, 5.74) is 0.847. The number of alkyl halides is 3. The number of halogens is 3. The molecule has 0 aliphatic carbocycles. The number of hydrogen-bond acceptors (Lipinski definition) is 5. The highest BCUT2D eigenvalue weighted by atomic mass is 32.2. The highest BCUT2D eigenvalue weighted by molar-refractivity contribution is 7.89. The zero-order chi connectivity index (χ0) is 24.5. The minimum atomic E-state index is -5.08. The van der Waals surface area contributed by atoms with E-state index >= 15 is 0 Å². The first kappa shape index (κ1) is 26.3. The van der Waals surface area contributed by atoms with E-state index in [-0.39, 0.29) is 23.9 Å². The van der Waals surface area contributed by atoms with Gasteiger partial charge in [0.15, 0.2) is 0 Å². The average molecular weight is 488 g/mol. The van der Waals surface area contributed by atoms with Gasteiger partial charge in [0.1, 0.15) is 0 Å². The molecule has 1 heterocycles. The summed E-state index contributed by atoms with van der Waals surface area (Å²) in [6.07, 6.45) is -5.08. The van der Waals surface area contributed by atoms with Gasteiger partial charge >= 0.3 is 12.1 Å². The van der Waals surface area contributed by atoms with Gasteiger partial charge < -0.3 is 15.3 Å². The van der Waals surface area contributed by atoms with E-state index in [0.29, 0.717) is 13.1 Å². The second-order valence-electron chi connectivity index (χ2n) is 7.01. The van der Waals surface area contributed by atoms with Crippen molar-refractivity contribution in [3.63, 3.8) is 0 Å². The quantitative estimate of drug-likeness (QED) is 0.645. The third kappa shape index (κ3) is 8.15. The highest BCUT2D eigenvalue weighted by Gasteiger charge is 2.38. The maximum atomic E-state index is 13.1. The molecule has 12 heteroatoms. The third-order valence-corrected chi connectivity index (χ3v) is 6.41. The number of carbonyl (C=O) groups excluding carboxylic acids is 1. The first-order valence-electron chi connectivity index (χ1n) is 9.89. The van der Waals surface area contributed by atoms with Gasteiger partial charge in [-0.1, -0.05) is 48.5 Å². The van der Waals surface area contributed by atoms with Crippen molar-refractivity contribution in [2.45, 2.75) is 17.6 Å². The Kier molecular flexibility index (Phi) is 9.38. The van der Waals surface area contributed by atoms with Crippen LogP contribution in [0.25, 0.3) is 0 Å². The molecule has 1 fully saturated rings. The number of hydrogen-bond donors (Lipinski definition) is 2. The van der Waals surface area contributed by atoms with Gasteiger partial charge in [0, 0.05) is 32.7 Å². The molecule has 1 aliphatic heterocycles. The molecule has 180 valence electrons. The van der Waals surface area contributed by atoms with E-state index in [1.54, 1.807) is 35.2 Å². The van der Waals surface area contributed by atoms with E-state index < -0.39 is 22.2 Å². The molecule has 1 saturated heterocycles. The standard InChI is InChI=1S/C19H23N3O3S.C2HF3O2/c23-19(21-13-11-20-12-14-21)16-22(15-17-7-3-1-4-8-17)26(24,25)18-9-5-2-6-10-18;3-2(4,5)1(6)7/h1-10,20H,11-16H2;(H,6,7). The summed E-state index contributed by atoms with van der Waals surface area (Å²) in [5.74, 6) is -2.92. The van der Waals surface area contributed by atoms with Crippen molar-refractivity contribution in [2.75, 3.05) is 32.7 Å². The topological polar surface area (TPSA) is 107 Å². The molecule has 0 bridgehead atoms. The zero-order valence-electron chi connectivity index (χ0n) is 17.5. The number of benzene rings is 2. The lowest BCUT2D eigenvalue weighted by Crippen LogP contribution is -2.50. The summed E-state index contributed by atoms with van der Waals surface area (Å²) in [6.45, 7) is 2.67. The summed E-state index contributed by atoms with van der Waals surface area (Å²) < 4.78 is 59.2. The second-order valence-corrected chi connectivity index (χ2v) is 8.94. The molecule has 33 heavy (non-hydrogen) atoms. The Balaban J connectivity index is 0.000000479. The van der Waals surface area contributed by atoms with Crippen molar-refractivity contribution in [3.05, 3.63) is 66.2 Å². The normalized spacial score (nSPS) is 14.4. The highest BCUT2D eigenvalue weighted by Crippen LogP contribution is 2.18. The van der Waals surface area contributed by atoms with Crippen molar-refractivity contribution < 1.29 is 36.3 Å². The van der Waals surface area contributed by atoms with Crippen molar-refractivity contribution >= 4 is 21.9 Å². The number of rotatable bonds is 6. The van der Waals surface area contributed by atoms with E-state index in [4.69, 9.17) is 9.90 Å². The Labute approximate surface area is 189 Å². The first-order chi connectivity index (χ1) is 15.5. The number of carbonyl (C=O) groups is 2. The number of carboxylic acid groups (broad SMARTS) is 1. The fourth-order valence-electron chi connectivity index (χ4n) is 2.92. The van der Waals surface area contributed by atoms with Crippen LogP contribution in [0.1, 0.15) is 5.56 Å². The number of carboxylic acids is 1. The van der Waals surface area contributed by atoms with Crippen LogP contribution < -0.4 is 5.32 Å². The number of sulfonamides is 1. The van der Waals surface area contributed by atoms with Crippen molar-refractivity contribution in [2.24, 2.45) is 0 Å². The molecule has 8 nitrogen and oxygen atoms in total. The molecule has 0 spiro atoms. The maximum Gasteiger partial charge on any atom is 0.490 e. The number of nitrogens with one attached hydrogen (secondary N) is 1. The van der Waals surface area contributed by atoms with Gasteiger partial charge in [-0.15, -0.1) is 0 Å². The van der Waals surface area contributed by atoms with Gasteiger partial charge in [0.05, 0.1) is 11.4 Å². The van der Waals surface area contributed by atoms with Crippen molar-refractivity contribution in [1.82, 2.24) is 14.5 Å². The molecule has 0 atom stereocenters. The summed E-state index contributed by atoms with van der Waals surface area (Å²) in [4.78, 5) is 23.5. The Morgan fingerprint density at radius 3 is 1.94 bits per heavy atom. The molecule has 0 radical (unpaired) electrons. The Hall–Kier alpha value is -2.96. The largest absolute Gasteiger partial charge is 0.490 e. The third-order valence-electron chi connectivity index (χ3n) is 4.61. The fraction of sp³-hybridized carbons (Fsp3) is 0.333. The lowest BCUT2D eigenvalue weighted by molar-refractivity contribution is -0.192. The minimum Gasteiger partial charge on any atom is -0.475 e. The SMILES string of the molecule is O=C(CN(Cc1ccccc1)S(=O)(=O)c1ccccc1)N1CCNCC1.O=C(O)C(F)(F)F. The second kappa shape index (κ2) is 11.8. The zero-order valence-corrected chi connectivity index (χ0v) is 18.3. The lowest BCUT2D eigenvalue weighted by Gasteiger charge is -2.30. The molecule has 0 aromatic heterocycles. The molecule has 1 aliphatic rings. The van der Waals surface area contributed by atoms with Crippen molar-refractivity contribution in [1.29, 1.82) is 0 Å². The molecule has 0 saturated carbocycles. The molecule has 2 aromatic carbocycles. The van der Waals surface area contributed by atoms with Gasteiger partial charge in [-0.3, -0.25) is 4.79 Å².